The van der Waals surface area contributed by atoms with Gasteiger partial charge in [0.2, 0.25) is 0 Å². The smallest absolute Gasteiger partial charge is 0.198 e. The van der Waals surface area contributed by atoms with Gasteiger partial charge in [-0.2, -0.15) is 0 Å². The maximum Gasteiger partial charge on any atom is 0.198 e. The van der Waals surface area contributed by atoms with Crippen molar-refractivity contribution in [1.82, 2.24) is 0 Å². The van der Waals surface area contributed by atoms with Crippen LogP contribution < -0.4 is 19.4 Å². The second-order valence-electron chi connectivity index (χ2n) is 8.59. The Bertz CT molecular complexity index is 1390. The number of ketones is 1. The maximum absolute atomic E-state index is 12.7. The summed E-state index contributed by atoms with van der Waals surface area (Å²) in [6.07, 6.45) is -0.375. The molecule has 0 saturated heterocycles. The molecule has 6 nitrogen and oxygen atoms in total. The fourth-order valence-corrected chi connectivity index (χ4v) is 4.36. The molecule has 1 heterocycles. The van der Waals surface area contributed by atoms with Crippen LogP contribution >= 0.6 is 11.6 Å². The van der Waals surface area contributed by atoms with Crippen molar-refractivity contribution in [2.75, 3.05) is 17.0 Å². The van der Waals surface area contributed by atoms with Gasteiger partial charge in [-0.25, -0.2) is 5.01 Å². The minimum Gasteiger partial charge on any atom is -0.497 e. The number of methoxy groups -OCH3 is 1. The monoisotopic (exact) mass is 511 g/mol. The summed E-state index contributed by atoms with van der Waals surface area (Å²) in [5.41, 5.74) is 3.70. The van der Waals surface area contributed by atoms with E-state index in [1.807, 2.05) is 113 Å². The molecule has 1 aliphatic heterocycles. The minimum absolute atomic E-state index is 0.123. The summed E-state index contributed by atoms with van der Waals surface area (Å²) in [4.78, 5) is 14.7. The molecule has 4 aromatic carbocycles. The third kappa shape index (κ3) is 5.29. The van der Waals surface area contributed by atoms with Crippen molar-refractivity contribution in [2.24, 2.45) is 5.10 Å². The number of hydrogen-bond donors (Lipinski definition) is 0. The summed E-state index contributed by atoms with van der Waals surface area (Å²) >= 11 is 5.98. The molecule has 4 aromatic rings. The van der Waals surface area contributed by atoms with E-state index < -0.39 is 0 Å². The normalized spacial score (nSPS) is 14.9. The van der Waals surface area contributed by atoms with Gasteiger partial charge in [0.25, 0.3) is 0 Å². The highest BCUT2D eigenvalue weighted by molar-refractivity contribution is 6.44. The third-order valence-electron chi connectivity index (χ3n) is 6.09. The Kier molecular flexibility index (Phi) is 7.10. The van der Waals surface area contributed by atoms with Crippen LogP contribution in [-0.2, 0) is 11.4 Å². The number of hydrogen-bond acceptors (Lipinski definition) is 6. The van der Waals surface area contributed by atoms with E-state index >= 15 is 0 Å². The Labute approximate surface area is 221 Å². The molecular weight excluding hydrogens is 486 g/mol. The van der Waals surface area contributed by atoms with E-state index in [9.17, 15) is 4.79 Å². The Hall–Kier alpha value is -4.29. The Morgan fingerprint density at radius 3 is 2.11 bits per heavy atom. The fourth-order valence-electron chi connectivity index (χ4n) is 4.23. The molecule has 0 N–H and O–H groups in total. The lowest BCUT2D eigenvalue weighted by atomic mass is 10.1. The summed E-state index contributed by atoms with van der Waals surface area (Å²) in [5.74, 6) is 1.72. The van der Waals surface area contributed by atoms with Gasteiger partial charge in [-0.15, -0.1) is 5.10 Å². The number of ether oxygens (including phenoxy) is 2. The molecule has 186 valence electrons. The summed E-state index contributed by atoms with van der Waals surface area (Å²) in [6, 6.07) is 32.9. The van der Waals surface area contributed by atoms with E-state index in [2.05, 4.69) is 0 Å². The predicted molar refractivity (Wildman–Crippen MR) is 147 cm³/mol. The zero-order valence-corrected chi connectivity index (χ0v) is 21.3. The number of para-hydroxylation sites is 1. The first kappa shape index (κ1) is 24.4. The Balaban J connectivity index is 1.48. The predicted octanol–water partition coefficient (Wildman–Crippen LogP) is 6.86. The van der Waals surface area contributed by atoms with Crippen LogP contribution in [0.15, 0.2) is 108 Å². The van der Waals surface area contributed by atoms with Gasteiger partial charge in [-0.1, -0.05) is 54.1 Å². The van der Waals surface area contributed by atoms with Crippen LogP contribution in [0.1, 0.15) is 24.2 Å². The van der Waals surface area contributed by atoms with Gasteiger partial charge in [0.1, 0.15) is 18.1 Å². The van der Waals surface area contributed by atoms with Crippen molar-refractivity contribution < 1.29 is 14.3 Å². The van der Waals surface area contributed by atoms with Crippen molar-refractivity contribution in [3.05, 3.63) is 119 Å². The zero-order valence-electron chi connectivity index (χ0n) is 20.5. The Morgan fingerprint density at radius 2 is 1.49 bits per heavy atom. The molecule has 0 spiro atoms. The summed E-state index contributed by atoms with van der Waals surface area (Å²) < 4.78 is 11.3. The first-order chi connectivity index (χ1) is 18.0. The highest BCUT2D eigenvalue weighted by Gasteiger charge is 2.39. The quantitative estimate of drug-likeness (QED) is 0.259. The summed E-state index contributed by atoms with van der Waals surface area (Å²) in [5, 5.41) is 7.35. The molecule has 1 unspecified atom stereocenters. The van der Waals surface area contributed by atoms with Crippen LogP contribution in [0, 0.1) is 0 Å². The number of carbonyl (C=O) groups excluding carboxylic acids is 1. The van der Waals surface area contributed by atoms with Crippen molar-refractivity contribution in [1.29, 1.82) is 0 Å². The minimum atomic E-state index is -0.375. The van der Waals surface area contributed by atoms with Crippen molar-refractivity contribution in [2.45, 2.75) is 19.7 Å². The molecule has 1 atom stereocenters. The number of anilines is 2. The summed E-state index contributed by atoms with van der Waals surface area (Å²) in [6.45, 7) is 1.97. The second-order valence-corrected chi connectivity index (χ2v) is 9.02. The average molecular weight is 512 g/mol. The van der Waals surface area contributed by atoms with E-state index in [-0.39, 0.29) is 11.9 Å². The molecule has 0 saturated carbocycles. The van der Waals surface area contributed by atoms with E-state index in [4.69, 9.17) is 26.2 Å². The van der Waals surface area contributed by atoms with Crippen LogP contribution in [0.4, 0.5) is 11.4 Å². The van der Waals surface area contributed by atoms with E-state index in [0.717, 1.165) is 34.0 Å². The van der Waals surface area contributed by atoms with Gasteiger partial charge in [-0.05, 0) is 71.8 Å². The molecule has 7 heteroatoms. The van der Waals surface area contributed by atoms with Crippen LogP contribution in [0.25, 0.3) is 0 Å². The van der Waals surface area contributed by atoms with Crippen LogP contribution in [-0.4, -0.2) is 18.7 Å². The molecule has 5 rings (SSSR count). The highest BCUT2D eigenvalue weighted by Crippen LogP contribution is 2.39. The first-order valence-corrected chi connectivity index (χ1v) is 12.3. The lowest BCUT2D eigenvalue weighted by Gasteiger charge is -2.32. The number of halogens is 1. The lowest BCUT2D eigenvalue weighted by molar-refractivity contribution is -0.111. The zero-order chi connectivity index (χ0) is 25.8. The molecule has 0 bridgehead atoms. The fraction of sp³-hybridized carbons (Fsp3) is 0.133. The van der Waals surface area contributed by atoms with Gasteiger partial charge >= 0.3 is 0 Å². The third-order valence-corrected chi connectivity index (χ3v) is 6.34. The van der Waals surface area contributed by atoms with E-state index in [1.54, 1.807) is 7.11 Å². The van der Waals surface area contributed by atoms with Gasteiger partial charge in [0.15, 0.2) is 17.8 Å². The molecule has 0 aromatic heterocycles. The number of hydrazone groups is 1. The van der Waals surface area contributed by atoms with Gasteiger partial charge < -0.3 is 9.47 Å². The van der Waals surface area contributed by atoms with Crippen LogP contribution in [0.3, 0.4) is 0 Å². The number of rotatable bonds is 8. The second kappa shape index (κ2) is 10.8. The van der Waals surface area contributed by atoms with Gasteiger partial charge in [-0.3, -0.25) is 9.69 Å². The van der Waals surface area contributed by atoms with Crippen molar-refractivity contribution in [3.8, 4) is 11.5 Å². The molecule has 1 aliphatic rings. The largest absolute Gasteiger partial charge is 0.497 e. The Morgan fingerprint density at radius 1 is 0.838 bits per heavy atom. The maximum atomic E-state index is 12.7. The van der Waals surface area contributed by atoms with Crippen molar-refractivity contribution >= 4 is 34.6 Å². The highest BCUT2D eigenvalue weighted by atomic mass is 35.5. The van der Waals surface area contributed by atoms with Crippen molar-refractivity contribution in [3.63, 3.8) is 0 Å². The topological polar surface area (TPSA) is 54.4 Å². The molecule has 0 fully saturated rings. The lowest BCUT2D eigenvalue weighted by Crippen LogP contribution is -2.37. The van der Waals surface area contributed by atoms with Gasteiger partial charge in [0.05, 0.1) is 12.8 Å². The molecule has 0 aliphatic carbocycles. The van der Waals surface area contributed by atoms with Gasteiger partial charge in [0, 0.05) is 17.6 Å². The molecular formula is C30H26ClN3O3. The van der Waals surface area contributed by atoms with E-state index in [0.29, 0.717) is 17.5 Å². The molecule has 0 radical (unpaired) electrons. The standard InChI is InChI=1S/C30H26ClN3O3/c1-21(35)29-32-34(26-6-4-3-5-7-26)30(33(29)25-14-18-27(36-2)19-15-25)23-10-16-28(17-11-23)37-20-22-8-12-24(31)13-9-22/h3-19,30H,20H2,1-2H3. The van der Waals surface area contributed by atoms with Crippen LogP contribution in [0.5, 0.6) is 11.5 Å². The average Bonchev–Trinajstić information content (AvgIpc) is 3.35. The number of amidine groups is 1. The number of nitrogens with zero attached hydrogens (tertiary/aromatic N) is 3. The van der Waals surface area contributed by atoms with E-state index in [1.165, 1.54) is 6.92 Å². The SMILES string of the molecule is COc1ccc(N2C(C(C)=O)=NN(c3ccccc3)C2c2ccc(OCc3ccc(Cl)cc3)cc2)cc1. The van der Waals surface area contributed by atoms with Crippen LogP contribution in [0.2, 0.25) is 5.02 Å². The first-order valence-electron chi connectivity index (χ1n) is 11.9. The molecule has 37 heavy (non-hydrogen) atoms. The number of Topliss-reactive ketones (excluding diaryl/α,β-unsaturated/α-hetero) is 1. The number of benzene rings is 4. The molecule has 0 amide bonds. The number of carbonyl (C=O) groups is 1. The summed E-state index contributed by atoms with van der Waals surface area (Å²) in [7, 11) is 1.63.